The quantitative estimate of drug-likeness (QED) is 0.861. The molecule has 1 saturated heterocycles. The van der Waals surface area contributed by atoms with E-state index in [1.807, 2.05) is 0 Å². The largest absolute Gasteiger partial charge is 0.340 e. The molecule has 1 aromatic carbocycles. The van der Waals surface area contributed by atoms with Crippen LogP contribution in [-0.2, 0) is 5.54 Å². The third kappa shape index (κ3) is 1.61. The van der Waals surface area contributed by atoms with Crippen molar-refractivity contribution < 1.29 is 8.78 Å². The average molecular weight is 251 g/mol. The average Bonchev–Trinajstić information content (AvgIpc) is 2.96. The number of H-pyrrole nitrogens is 1. The summed E-state index contributed by atoms with van der Waals surface area (Å²) < 4.78 is 26.3. The second-order valence-electron chi connectivity index (χ2n) is 4.83. The molecule has 0 saturated carbocycles. The van der Waals surface area contributed by atoms with E-state index in [1.165, 1.54) is 6.07 Å². The van der Waals surface area contributed by atoms with Crippen molar-refractivity contribution in [3.05, 3.63) is 29.6 Å². The molecular weight excluding hydrogens is 236 g/mol. The van der Waals surface area contributed by atoms with E-state index in [-0.39, 0.29) is 5.54 Å². The molecule has 18 heavy (non-hydrogen) atoms. The number of benzene rings is 1. The van der Waals surface area contributed by atoms with Crippen LogP contribution >= 0.6 is 0 Å². The van der Waals surface area contributed by atoms with E-state index in [9.17, 15) is 8.78 Å². The van der Waals surface area contributed by atoms with Gasteiger partial charge in [0.15, 0.2) is 11.6 Å². The van der Waals surface area contributed by atoms with Crippen LogP contribution in [0, 0.1) is 11.6 Å². The summed E-state index contributed by atoms with van der Waals surface area (Å²) in [5, 5.41) is 3.45. The third-order valence-corrected chi connectivity index (χ3v) is 3.82. The summed E-state index contributed by atoms with van der Waals surface area (Å²) >= 11 is 0. The fourth-order valence-corrected chi connectivity index (χ4v) is 2.71. The molecule has 1 unspecified atom stereocenters. The first kappa shape index (κ1) is 11.6. The van der Waals surface area contributed by atoms with Gasteiger partial charge in [0.1, 0.15) is 5.82 Å². The molecule has 1 aliphatic heterocycles. The number of aromatic amines is 1. The lowest BCUT2D eigenvalue weighted by Crippen LogP contribution is -2.37. The maximum absolute atomic E-state index is 13.2. The Labute approximate surface area is 104 Å². The summed E-state index contributed by atoms with van der Waals surface area (Å²) in [6.07, 6.45) is 2.99. The summed E-state index contributed by atoms with van der Waals surface area (Å²) in [4.78, 5) is 7.53. The Kier molecular flexibility index (Phi) is 2.59. The van der Waals surface area contributed by atoms with Gasteiger partial charge in [0.2, 0.25) is 0 Å². The molecule has 1 aliphatic rings. The molecule has 2 N–H and O–H groups in total. The van der Waals surface area contributed by atoms with E-state index in [1.54, 1.807) is 0 Å². The van der Waals surface area contributed by atoms with Crippen LogP contribution in [0.2, 0.25) is 0 Å². The van der Waals surface area contributed by atoms with E-state index >= 15 is 0 Å². The second kappa shape index (κ2) is 4.02. The predicted octanol–water partition coefficient (Wildman–Crippen LogP) is 2.83. The number of fused-ring (bicyclic) bond motifs is 1. The molecule has 0 spiro atoms. The summed E-state index contributed by atoms with van der Waals surface area (Å²) in [6.45, 7) is 3.04. The van der Waals surface area contributed by atoms with Crippen LogP contribution in [0.15, 0.2) is 12.1 Å². The van der Waals surface area contributed by atoms with Crippen molar-refractivity contribution in [2.45, 2.75) is 31.7 Å². The van der Waals surface area contributed by atoms with Crippen LogP contribution in [0.1, 0.15) is 32.0 Å². The first-order valence-electron chi connectivity index (χ1n) is 6.25. The minimum Gasteiger partial charge on any atom is -0.340 e. The Hall–Kier alpha value is -1.49. The Morgan fingerprint density at radius 3 is 2.78 bits per heavy atom. The summed E-state index contributed by atoms with van der Waals surface area (Å²) in [5.74, 6) is -0.921. The predicted molar refractivity (Wildman–Crippen MR) is 65.2 cm³/mol. The van der Waals surface area contributed by atoms with Gasteiger partial charge < -0.3 is 10.3 Å². The lowest BCUT2D eigenvalue weighted by molar-refractivity contribution is 0.357. The third-order valence-electron chi connectivity index (χ3n) is 3.82. The van der Waals surface area contributed by atoms with Crippen LogP contribution in [0.5, 0.6) is 0 Å². The van der Waals surface area contributed by atoms with Crippen LogP contribution < -0.4 is 5.32 Å². The monoisotopic (exact) mass is 251 g/mol. The molecule has 0 radical (unpaired) electrons. The van der Waals surface area contributed by atoms with Crippen molar-refractivity contribution in [3.63, 3.8) is 0 Å². The molecule has 1 atom stereocenters. The number of hydrogen-bond donors (Lipinski definition) is 2. The molecule has 0 bridgehead atoms. The van der Waals surface area contributed by atoms with Crippen molar-refractivity contribution >= 4 is 11.0 Å². The van der Waals surface area contributed by atoms with Crippen LogP contribution in [0.4, 0.5) is 8.78 Å². The lowest BCUT2D eigenvalue weighted by Gasteiger charge is -2.25. The van der Waals surface area contributed by atoms with Gasteiger partial charge >= 0.3 is 0 Å². The molecule has 0 amide bonds. The highest BCUT2D eigenvalue weighted by molar-refractivity contribution is 5.75. The molecule has 3 nitrogen and oxygen atoms in total. The van der Waals surface area contributed by atoms with Crippen molar-refractivity contribution in [2.24, 2.45) is 0 Å². The number of imidazole rings is 1. The van der Waals surface area contributed by atoms with E-state index in [0.29, 0.717) is 11.0 Å². The van der Waals surface area contributed by atoms with Crippen molar-refractivity contribution in [1.82, 2.24) is 15.3 Å². The fourth-order valence-electron chi connectivity index (χ4n) is 2.71. The molecular formula is C13H15F2N3. The summed E-state index contributed by atoms with van der Waals surface area (Å²) in [7, 11) is 0. The topological polar surface area (TPSA) is 40.7 Å². The number of aromatic nitrogens is 2. The van der Waals surface area contributed by atoms with Gasteiger partial charge in [0.25, 0.3) is 0 Å². The minimum atomic E-state index is -0.856. The first-order valence-corrected chi connectivity index (χ1v) is 6.25. The Morgan fingerprint density at radius 1 is 1.33 bits per heavy atom. The van der Waals surface area contributed by atoms with Gasteiger partial charge in [0.05, 0.1) is 16.6 Å². The van der Waals surface area contributed by atoms with Crippen molar-refractivity contribution in [2.75, 3.05) is 6.54 Å². The Balaban J connectivity index is 2.13. The molecule has 5 heteroatoms. The van der Waals surface area contributed by atoms with Crippen molar-refractivity contribution in [1.29, 1.82) is 0 Å². The molecule has 1 fully saturated rings. The number of rotatable bonds is 2. The molecule has 3 rings (SSSR count). The zero-order chi connectivity index (χ0) is 12.8. The van der Waals surface area contributed by atoms with E-state index in [4.69, 9.17) is 0 Å². The molecule has 96 valence electrons. The standard InChI is InChI=1S/C13H15F2N3/c1-2-13(4-3-5-16-13)12-17-10-6-8(14)9(15)7-11(10)18-12/h6-7,16H,2-5H2,1H3,(H,17,18). The van der Waals surface area contributed by atoms with E-state index < -0.39 is 11.6 Å². The maximum atomic E-state index is 13.2. The minimum absolute atomic E-state index is 0.175. The first-order chi connectivity index (χ1) is 8.64. The zero-order valence-corrected chi connectivity index (χ0v) is 10.2. The summed E-state index contributed by atoms with van der Waals surface area (Å²) in [6, 6.07) is 2.31. The van der Waals surface area contributed by atoms with E-state index in [2.05, 4.69) is 22.2 Å². The van der Waals surface area contributed by atoms with Gasteiger partial charge in [0, 0.05) is 12.1 Å². The van der Waals surface area contributed by atoms with Crippen LogP contribution in [0.25, 0.3) is 11.0 Å². The van der Waals surface area contributed by atoms with Gasteiger partial charge in [-0.05, 0) is 25.8 Å². The summed E-state index contributed by atoms with van der Waals surface area (Å²) in [5.41, 5.74) is 0.849. The smallest absolute Gasteiger partial charge is 0.161 e. The number of halogens is 2. The number of nitrogens with zero attached hydrogens (tertiary/aromatic N) is 1. The highest BCUT2D eigenvalue weighted by atomic mass is 19.2. The maximum Gasteiger partial charge on any atom is 0.161 e. The number of hydrogen-bond acceptors (Lipinski definition) is 2. The Morgan fingerprint density at radius 2 is 2.11 bits per heavy atom. The van der Waals surface area contributed by atoms with Gasteiger partial charge in [-0.25, -0.2) is 13.8 Å². The van der Waals surface area contributed by atoms with Gasteiger partial charge in [-0.2, -0.15) is 0 Å². The van der Waals surface area contributed by atoms with Gasteiger partial charge in [-0.15, -0.1) is 0 Å². The SMILES string of the molecule is CCC1(c2nc3cc(F)c(F)cc3[nH]2)CCCN1. The molecule has 1 aromatic heterocycles. The number of nitrogens with one attached hydrogen (secondary N) is 2. The lowest BCUT2D eigenvalue weighted by atomic mass is 9.93. The van der Waals surface area contributed by atoms with Crippen molar-refractivity contribution in [3.8, 4) is 0 Å². The molecule has 2 aromatic rings. The normalized spacial score (nSPS) is 23.9. The fraction of sp³-hybridized carbons (Fsp3) is 0.462. The van der Waals surface area contributed by atoms with Crippen LogP contribution in [-0.4, -0.2) is 16.5 Å². The Bertz CT molecular complexity index is 546. The molecule has 0 aliphatic carbocycles. The zero-order valence-electron chi connectivity index (χ0n) is 10.2. The molecule has 2 heterocycles. The second-order valence-corrected chi connectivity index (χ2v) is 4.83. The van der Waals surface area contributed by atoms with Gasteiger partial charge in [-0.1, -0.05) is 6.92 Å². The van der Waals surface area contributed by atoms with Crippen LogP contribution in [0.3, 0.4) is 0 Å². The highest BCUT2D eigenvalue weighted by Gasteiger charge is 2.36. The van der Waals surface area contributed by atoms with Gasteiger partial charge in [-0.3, -0.25) is 0 Å². The highest BCUT2D eigenvalue weighted by Crippen LogP contribution is 2.33. The van der Waals surface area contributed by atoms with E-state index in [0.717, 1.165) is 37.7 Å².